The molecule has 2 N–H and O–H groups in total. The van der Waals surface area contributed by atoms with Gasteiger partial charge < -0.3 is 10.6 Å². The number of hydrogen-bond donors (Lipinski definition) is 2. The number of benzene rings is 1. The van der Waals surface area contributed by atoms with Crippen molar-refractivity contribution >= 4 is 21.8 Å². The van der Waals surface area contributed by atoms with Gasteiger partial charge in [0.15, 0.2) is 0 Å². The lowest BCUT2D eigenvalue weighted by atomic mass is 10.00. The molecule has 0 radical (unpaired) electrons. The van der Waals surface area contributed by atoms with Crippen molar-refractivity contribution in [2.45, 2.75) is 38.8 Å². The van der Waals surface area contributed by atoms with Gasteiger partial charge in [-0.15, -0.1) is 0 Å². The SMILES string of the molecule is CC(Cc1ccc(Br)cc1)NC(=O)C1CCNC1C. The van der Waals surface area contributed by atoms with Gasteiger partial charge in [0, 0.05) is 16.6 Å². The van der Waals surface area contributed by atoms with Crippen LogP contribution in [0.5, 0.6) is 0 Å². The standard InChI is InChI=1S/C15H21BrN2O/c1-10(9-12-3-5-13(16)6-4-12)18-15(19)14-7-8-17-11(14)2/h3-6,10-11,14,17H,7-9H2,1-2H3,(H,18,19). The van der Waals surface area contributed by atoms with Gasteiger partial charge in [-0.1, -0.05) is 28.1 Å². The lowest BCUT2D eigenvalue weighted by Gasteiger charge is -2.19. The monoisotopic (exact) mass is 324 g/mol. The minimum Gasteiger partial charge on any atom is -0.353 e. The summed E-state index contributed by atoms with van der Waals surface area (Å²) in [5.41, 5.74) is 1.24. The van der Waals surface area contributed by atoms with E-state index in [-0.39, 0.29) is 17.9 Å². The Bertz CT molecular complexity index is 432. The molecule has 3 atom stereocenters. The van der Waals surface area contributed by atoms with Crippen molar-refractivity contribution in [2.24, 2.45) is 5.92 Å². The van der Waals surface area contributed by atoms with Crippen LogP contribution in [0.2, 0.25) is 0 Å². The molecule has 1 aromatic carbocycles. The lowest BCUT2D eigenvalue weighted by Crippen LogP contribution is -2.41. The van der Waals surface area contributed by atoms with E-state index in [0.29, 0.717) is 6.04 Å². The summed E-state index contributed by atoms with van der Waals surface area (Å²) < 4.78 is 1.08. The average molecular weight is 325 g/mol. The molecule has 1 saturated heterocycles. The van der Waals surface area contributed by atoms with E-state index in [4.69, 9.17) is 0 Å². The van der Waals surface area contributed by atoms with Crippen molar-refractivity contribution in [1.29, 1.82) is 0 Å². The fourth-order valence-electron chi connectivity index (χ4n) is 2.59. The third-order valence-electron chi connectivity index (χ3n) is 3.71. The minimum atomic E-state index is 0.118. The zero-order valence-electron chi connectivity index (χ0n) is 11.4. The molecule has 1 fully saturated rings. The molecule has 104 valence electrons. The molecule has 1 aliphatic rings. The first kappa shape index (κ1) is 14.5. The third kappa shape index (κ3) is 4.05. The Kier molecular flexibility index (Phi) is 4.99. The van der Waals surface area contributed by atoms with Gasteiger partial charge in [0.2, 0.25) is 5.91 Å². The highest BCUT2D eigenvalue weighted by Gasteiger charge is 2.29. The van der Waals surface area contributed by atoms with Crippen LogP contribution in [0.4, 0.5) is 0 Å². The van der Waals surface area contributed by atoms with Crippen LogP contribution >= 0.6 is 15.9 Å². The lowest BCUT2D eigenvalue weighted by molar-refractivity contribution is -0.125. The Morgan fingerprint density at radius 1 is 1.47 bits per heavy atom. The highest BCUT2D eigenvalue weighted by molar-refractivity contribution is 9.10. The second kappa shape index (κ2) is 6.53. The van der Waals surface area contributed by atoms with Crippen molar-refractivity contribution in [3.05, 3.63) is 34.3 Å². The van der Waals surface area contributed by atoms with Crippen molar-refractivity contribution in [3.8, 4) is 0 Å². The normalized spacial score (nSPS) is 24.2. The molecular weight excluding hydrogens is 304 g/mol. The van der Waals surface area contributed by atoms with Crippen LogP contribution in [0, 0.1) is 5.92 Å². The van der Waals surface area contributed by atoms with Crippen molar-refractivity contribution in [3.63, 3.8) is 0 Å². The van der Waals surface area contributed by atoms with Crippen LogP contribution in [0.3, 0.4) is 0 Å². The first-order chi connectivity index (χ1) is 9.06. The van der Waals surface area contributed by atoms with Crippen molar-refractivity contribution in [2.75, 3.05) is 6.54 Å². The van der Waals surface area contributed by atoms with Gasteiger partial charge in [0.25, 0.3) is 0 Å². The molecule has 1 aliphatic heterocycles. The summed E-state index contributed by atoms with van der Waals surface area (Å²) in [4.78, 5) is 12.2. The van der Waals surface area contributed by atoms with Crippen molar-refractivity contribution in [1.82, 2.24) is 10.6 Å². The summed E-state index contributed by atoms with van der Waals surface area (Å²) in [5.74, 6) is 0.300. The molecule has 19 heavy (non-hydrogen) atoms. The van der Waals surface area contributed by atoms with Gasteiger partial charge in [-0.3, -0.25) is 4.79 Å². The fourth-order valence-corrected chi connectivity index (χ4v) is 2.86. The predicted octanol–water partition coefficient (Wildman–Crippen LogP) is 2.49. The molecule has 1 amide bonds. The Morgan fingerprint density at radius 2 is 2.16 bits per heavy atom. The highest BCUT2D eigenvalue weighted by atomic mass is 79.9. The van der Waals surface area contributed by atoms with Crippen LogP contribution in [0.1, 0.15) is 25.8 Å². The van der Waals surface area contributed by atoms with Gasteiger partial charge in [0.05, 0.1) is 5.92 Å². The summed E-state index contributed by atoms with van der Waals surface area (Å²) in [6, 6.07) is 8.71. The maximum Gasteiger partial charge on any atom is 0.224 e. The van der Waals surface area contributed by atoms with E-state index in [1.54, 1.807) is 0 Å². The Morgan fingerprint density at radius 3 is 2.74 bits per heavy atom. The van der Waals surface area contributed by atoms with Crippen LogP contribution in [0.15, 0.2) is 28.7 Å². The molecule has 0 aliphatic carbocycles. The zero-order chi connectivity index (χ0) is 13.8. The van der Waals surface area contributed by atoms with E-state index < -0.39 is 0 Å². The summed E-state index contributed by atoms with van der Waals surface area (Å²) >= 11 is 3.43. The first-order valence-corrected chi connectivity index (χ1v) is 7.64. The van der Waals surface area contributed by atoms with E-state index in [9.17, 15) is 4.79 Å². The maximum absolute atomic E-state index is 12.2. The summed E-state index contributed by atoms with van der Waals surface area (Å²) in [6.45, 7) is 5.09. The second-order valence-electron chi connectivity index (χ2n) is 5.38. The van der Waals surface area contributed by atoms with E-state index in [2.05, 4.69) is 52.5 Å². The second-order valence-corrected chi connectivity index (χ2v) is 6.29. The molecule has 3 unspecified atom stereocenters. The summed E-state index contributed by atoms with van der Waals surface area (Å²) in [6.07, 6.45) is 1.81. The molecule has 0 bridgehead atoms. The Hall–Kier alpha value is -0.870. The number of carbonyl (C=O) groups excluding carboxylic acids is 1. The zero-order valence-corrected chi connectivity index (χ0v) is 13.0. The van der Waals surface area contributed by atoms with Crippen LogP contribution < -0.4 is 10.6 Å². The van der Waals surface area contributed by atoms with Gasteiger partial charge in [-0.05, 0) is 50.9 Å². The topological polar surface area (TPSA) is 41.1 Å². The van der Waals surface area contributed by atoms with Crippen molar-refractivity contribution < 1.29 is 4.79 Å². The average Bonchev–Trinajstić information content (AvgIpc) is 2.78. The molecule has 3 nitrogen and oxygen atoms in total. The minimum absolute atomic E-state index is 0.118. The molecule has 1 heterocycles. The Labute approximate surface area is 123 Å². The highest BCUT2D eigenvalue weighted by Crippen LogP contribution is 2.16. The number of amides is 1. The summed E-state index contributed by atoms with van der Waals surface area (Å²) in [5, 5.41) is 6.44. The van der Waals surface area contributed by atoms with Gasteiger partial charge in [-0.2, -0.15) is 0 Å². The summed E-state index contributed by atoms with van der Waals surface area (Å²) in [7, 11) is 0. The maximum atomic E-state index is 12.2. The van der Waals surface area contributed by atoms with E-state index in [0.717, 1.165) is 23.9 Å². The van der Waals surface area contributed by atoms with Gasteiger partial charge >= 0.3 is 0 Å². The first-order valence-electron chi connectivity index (χ1n) is 6.84. The van der Waals surface area contributed by atoms with Crippen LogP contribution in [-0.4, -0.2) is 24.5 Å². The van der Waals surface area contributed by atoms with Crippen LogP contribution in [-0.2, 0) is 11.2 Å². The van der Waals surface area contributed by atoms with Crippen LogP contribution in [0.25, 0.3) is 0 Å². The number of nitrogens with one attached hydrogen (secondary N) is 2. The van der Waals surface area contributed by atoms with E-state index >= 15 is 0 Å². The largest absolute Gasteiger partial charge is 0.353 e. The van der Waals surface area contributed by atoms with Gasteiger partial charge in [-0.25, -0.2) is 0 Å². The number of hydrogen-bond acceptors (Lipinski definition) is 2. The van der Waals surface area contributed by atoms with E-state index in [1.807, 2.05) is 12.1 Å². The predicted molar refractivity (Wildman–Crippen MR) is 81.0 cm³/mol. The molecule has 1 aromatic rings. The molecule has 0 saturated carbocycles. The number of halogens is 1. The number of rotatable bonds is 4. The smallest absolute Gasteiger partial charge is 0.224 e. The molecule has 0 aromatic heterocycles. The number of carbonyl (C=O) groups is 1. The molecule has 2 rings (SSSR count). The van der Waals surface area contributed by atoms with Gasteiger partial charge in [0.1, 0.15) is 0 Å². The molecular formula is C15H21BrN2O. The molecule has 4 heteroatoms. The Balaban J connectivity index is 1.85. The third-order valence-corrected chi connectivity index (χ3v) is 4.23. The fraction of sp³-hybridized carbons (Fsp3) is 0.533. The quantitative estimate of drug-likeness (QED) is 0.893. The molecule has 0 spiro atoms. The van der Waals surface area contributed by atoms with E-state index in [1.165, 1.54) is 5.56 Å².